The Morgan fingerprint density at radius 1 is 1.42 bits per heavy atom. The van der Waals surface area contributed by atoms with E-state index in [2.05, 4.69) is 25.7 Å². The minimum Gasteiger partial charge on any atom is -0.492 e. The van der Waals surface area contributed by atoms with E-state index in [0.29, 0.717) is 5.25 Å². The van der Waals surface area contributed by atoms with Gasteiger partial charge >= 0.3 is 0 Å². The molecule has 0 saturated carbocycles. The lowest BCUT2D eigenvalue weighted by molar-refractivity contribution is -0.419. The van der Waals surface area contributed by atoms with Crippen LogP contribution in [-0.4, -0.2) is 40.6 Å². The molecule has 0 radical (unpaired) electrons. The van der Waals surface area contributed by atoms with Gasteiger partial charge in [0.05, 0.1) is 23.1 Å². The van der Waals surface area contributed by atoms with Crippen LogP contribution in [0, 0.1) is 10.1 Å². The topological polar surface area (TPSA) is 72.7 Å². The van der Waals surface area contributed by atoms with Crippen molar-refractivity contribution in [1.82, 2.24) is 4.90 Å². The molecule has 0 aromatic rings. The number of ether oxygens (including phenoxy) is 1. The van der Waals surface area contributed by atoms with Gasteiger partial charge in [0.1, 0.15) is 0 Å². The van der Waals surface area contributed by atoms with Crippen molar-refractivity contribution in [3.8, 4) is 0 Å². The van der Waals surface area contributed by atoms with E-state index in [-0.39, 0.29) is 28.4 Å². The summed E-state index contributed by atoms with van der Waals surface area (Å²) in [6.07, 6.45) is 6.97. The molecule has 2 aliphatic rings. The molecule has 7 heteroatoms. The largest absolute Gasteiger partial charge is 0.492 e. The fourth-order valence-electron chi connectivity index (χ4n) is 2.77. The van der Waals surface area contributed by atoms with Crippen molar-refractivity contribution in [2.75, 3.05) is 14.2 Å². The van der Waals surface area contributed by atoms with Crippen LogP contribution in [-0.2, 0) is 9.53 Å². The third-order valence-corrected chi connectivity index (χ3v) is 5.47. The molecule has 1 unspecified atom stereocenters. The van der Waals surface area contributed by atoms with Crippen LogP contribution in [0.1, 0.15) is 27.2 Å². The van der Waals surface area contributed by atoms with E-state index in [1.54, 1.807) is 17.8 Å². The van der Waals surface area contributed by atoms with Gasteiger partial charge in [0.15, 0.2) is 5.76 Å². The highest BCUT2D eigenvalue weighted by Crippen LogP contribution is 2.40. The number of hydrogen-bond donors (Lipinski definition) is 0. The summed E-state index contributed by atoms with van der Waals surface area (Å²) >= 11 is 1.73. The fraction of sp³-hybridized carbons (Fsp3) is 0.471. The zero-order valence-corrected chi connectivity index (χ0v) is 15.3. The summed E-state index contributed by atoms with van der Waals surface area (Å²) in [5.41, 5.74) is 0.110. The summed E-state index contributed by atoms with van der Waals surface area (Å²) in [4.78, 5) is 25.0. The van der Waals surface area contributed by atoms with Crippen LogP contribution in [0.15, 0.2) is 46.4 Å². The number of carbonyl (C=O) groups excluding carboxylic acids is 1. The number of rotatable bonds is 3. The van der Waals surface area contributed by atoms with E-state index < -0.39 is 4.92 Å². The van der Waals surface area contributed by atoms with Crippen LogP contribution in [0.3, 0.4) is 0 Å². The zero-order valence-electron chi connectivity index (χ0n) is 14.5. The maximum atomic E-state index is 12.3. The van der Waals surface area contributed by atoms with Gasteiger partial charge in [-0.3, -0.25) is 14.9 Å². The number of methoxy groups -OCH3 is 1. The highest BCUT2D eigenvalue weighted by Gasteiger charge is 2.33. The molecule has 1 aliphatic carbocycles. The molecule has 0 N–H and O–H groups in total. The normalized spacial score (nSPS) is 27.1. The predicted octanol–water partition coefficient (Wildman–Crippen LogP) is 3.26. The molecule has 1 saturated heterocycles. The summed E-state index contributed by atoms with van der Waals surface area (Å²) in [5.74, 6) is -0.372. The number of nitrogens with zero attached hydrogens (tertiary/aromatic N) is 2. The van der Waals surface area contributed by atoms with E-state index in [9.17, 15) is 14.9 Å². The van der Waals surface area contributed by atoms with Crippen molar-refractivity contribution >= 4 is 17.5 Å². The zero-order chi connectivity index (χ0) is 18.1. The maximum absolute atomic E-state index is 12.3. The SMILES string of the molecule is COC1=CC([N+](=O)[O-])=C/C(=C\C=C2/SC(C)CC(C)(C)N2C)C1=O. The lowest BCUT2D eigenvalue weighted by atomic mass is 9.96. The lowest BCUT2D eigenvalue weighted by Crippen LogP contribution is -2.45. The van der Waals surface area contributed by atoms with Crippen molar-refractivity contribution in [3.63, 3.8) is 0 Å². The minimum absolute atomic E-state index is 0.0189. The van der Waals surface area contributed by atoms with E-state index in [0.717, 1.165) is 17.5 Å². The van der Waals surface area contributed by atoms with E-state index >= 15 is 0 Å². The van der Waals surface area contributed by atoms with E-state index in [1.165, 1.54) is 13.2 Å². The number of thioether (sulfide) groups is 1. The second kappa shape index (κ2) is 6.84. The van der Waals surface area contributed by atoms with Crippen LogP contribution in [0.2, 0.25) is 0 Å². The number of hydrogen-bond acceptors (Lipinski definition) is 6. The Hall–Kier alpha value is -2.02. The first-order valence-corrected chi connectivity index (χ1v) is 8.52. The Morgan fingerprint density at radius 2 is 2.08 bits per heavy atom. The van der Waals surface area contributed by atoms with Crippen LogP contribution >= 0.6 is 11.8 Å². The van der Waals surface area contributed by atoms with Gasteiger partial charge in [-0.25, -0.2) is 0 Å². The number of allylic oxidation sites excluding steroid dienone is 5. The van der Waals surface area contributed by atoms with Gasteiger partial charge in [-0.2, -0.15) is 0 Å². The average Bonchev–Trinajstić information content (AvgIpc) is 2.49. The first kappa shape index (κ1) is 18.3. The summed E-state index contributed by atoms with van der Waals surface area (Å²) < 4.78 is 4.97. The molecule has 24 heavy (non-hydrogen) atoms. The van der Waals surface area contributed by atoms with Crippen molar-refractivity contribution in [2.45, 2.75) is 38.0 Å². The average molecular weight is 350 g/mol. The molecule has 130 valence electrons. The highest BCUT2D eigenvalue weighted by molar-refractivity contribution is 8.03. The Balaban J connectivity index is 2.37. The molecular weight excluding hydrogens is 328 g/mol. The molecule has 1 heterocycles. The van der Waals surface area contributed by atoms with Gasteiger partial charge in [-0.05, 0) is 32.4 Å². The van der Waals surface area contributed by atoms with Gasteiger partial charge in [0.25, 0.3) is 5.70 Å². The van der Waals surface area contributed by atoms with E-state index in [1.807, 2.05) is 13.1 Å². The van der Waals surface area contributed by atoms with Crippen LogP contribution in [0.4, 0.5) is 0 Å². The fourth-order valence-corrected chi connectivity index (χ4v) is 4.22. The molecule has 1 atom stereocenters. The molecule has 6 nitrogen and oxygen atoms in total. The Kier molecular flexibility index (Phi) is 5.22. The highest BCUT2D eigenvalue weighted by atomic mass is 32.2. The summed E-state index contributed by atoms with van der Waals surface area (Å²) in [6.45, 7) is 6.52. The molecule has 0 aromatic carbocycles. The van der Waals surface area contributed by atoms with Crippen molar-refractivity contribution in [2.24, 2.45) is 0 Å². The molecule has 0 amide bonds. The second-order valence-corrected chi connectivity index (χ2v) is 7.96. The van der Waals surface area contributed by atoms with Crippen LogP contribution < -0.4 is 0 Å². The molecule has 2 rings (SSSR count). The predicted molar refractivity (Wildman–Crippen MR) is 94.9 cm³/mol. The molecule has 1 aliphatic heterocycles. The Morgan fingerprint density at radius 3 is 2.67 bits per heavy atom. The van der Waals surface area contributed by atoms with Gasteiger partial charge in [0, 0.05) is 29.5 Å². The monoisotopic (exact) mass is 350 g/mol. The van der Waals surface area contributed by atoms with Crippen molar-refractivity contribution in [1.29, 1.82) is 0 Å². The molecule has 0 aromatic heterocycles. The van der Waals surface area contributed by atoms with Crippen LogP contribution in [0.5, 0.6) is 0 Å². The third kappa shape index (κ3) is 3.72. The maximum Gasteiger partial charge on any atom is 0.274 e. The third-order valence-electron chi connectivity index (χ3n) is 4.25. The minimum atomic E-state index is -0.529. The van der Waals surface area contributed by atoms with Gasteiger partial charge in [-0.15, -0.1) is 11.8 Å². The number of Topliss-reactive ketones (excluding diaryl/α,β-unsaturated/α-hetero) is 1. The Bertz CT molecular complexity index is 689. The summed E-state index contributed by atoms with van der Waals surface area (Å²) in [6, 6.07) is 0. The quantitative estimate of drug-likeness (QED) is 0.442. The smallest absolute Gasteiger partial charge is 0.274 e. The number of carbonyl (C=O) groups is 1. The van der Waals surface area contributed by atoms with Gasteiger partial charge < -0.3 is 9.64 Å². The molecular formula is C17H22N2O4S. The number of nitro groups is 1. The first-order valence-electron chi connectivity index (χ1n) is 7.64. The Labute approximate surface area is 146 Å². The van der Waals surface area contributed by atoms with Gasteiger partial charge in [0.2, 0.25) is 5.78 Å². The standard InChI is InChI=1S/C17H22N2O4S/c1-11-10-17(2,3)18(4)15(24-11)7-6-12-8-13(19(21)22)9-14(23-5)16(12)20/h6-9,11H,10H2,1-5H3/b12-6+,15-7-. The summed E-state index contributed by atoms with van der Waals surface area (Å²) in [7, 11) is 3.35. The summed E-state index contributed by atoms with van der Waals surface area (Å²) in [5, 5.41) is 12.5. The van der Waals surface area contributed by atoms with Crippen molar-refractivity contribution in [3.05, 3.63) is 56.5 Å². The first-order chi connectivity index (χ1) is 11.2. The van der Waals surface area contributed by atoms with Crippen LogP contribution in [0.25, 0.3) is 0 Å². The lowest BCUT2D eigenvalue weighted by Gasteiger charge is -2.45. The van der Waals surface area contributed by atoms with E-state index in [4.69, 9.17) is 4.74 Å². The van der Waals surface area contributed by atoms with Crippen molar-refractivity contribution < 1.29 is 14.5 Å². The van der Waals surface area contributed by atoms with Gasteiger partial charge in [-0.1, -0.05) is 6.92 Å². The number of ketones is 1. The second-order valence-electron chi connectivity index (χ2n) is 6.50. The molecule has 1 fully saturated rings. The molecule has 0 bridgehead atoms. The molecule has 0 spiro atoms.